The highest BCUT2D eigenvalue weighted by atomic mass is 19.1. The number of nitrogens with zero attached hydrogens (tertiary/aromatic N) is 4. The van der Waals surface area contributed by atoms with Gasteiger partial charge < -0.3 is 11.2 Å². The smallest absolute Gasteiger partial charge is 0.213 e. The van der Waals surface area contributed by atoms with Gasteiger partial charge >= 0.3 is 0 Å². The highest BCUT2D eigenvalue weighted by molar-refractivity contribution is 6.10. The van der Waals surface area contributed by atoms with Crippen molar-refractivity contribution in [3.8, 4) is 11.1 Å². The van der Waals surface area contributed by atoms with E-state index in [4.69, 9.17) is 5.84 Å². The zero-order chi connectivity index (χ0) is 22.1. The number of aromatic nitrogens is 2. The number of benzene rings is 1. The molecule has 8 heteroatoms. The number of pyridine rings is 2. The van der Waals surface area contributed by atoms with Gasteiger partial charge in [0.15, 0.2) is 5.78 Å². The molecular weight excluding hydrogens is 407 g/mol. The van der Waals surface area contributed by atoms with Gasteiger partial charge in [0.25, 0.3) is 0 Å². The molecule has 3 aromatic rings. The summed E-state index contributed by atoms with van der Waals surface area (Å²) in [5, 5.41) is 12.0. The second kappa shape index (κ2) is 8.61. The van der Waals surface area contributed by atoms with Gasteiger partial charge in [-0.25, -0.2) is 4.98 Å². The van der Waals surface area contributed by atoms with E-state index in [9.17, 15) is 9.18 Å². The van der Waals surface area contributed by atoms with Crippen LogP contribution in [0.15, 0.2) is 53.1 Å². The Balaban J connectivity index is 1.54. The quantitative estimate of drug-likeness (QED) is 0.186. The number of ketones is 1. The first-order valence-electron chi connectivity index (χ1n) is 11.1. The summed E-state index contributed by atoms with van der Waals surface area (Å²) in [6.45, 7) is 0. The second-order valence-electron chi connectivity index (χ2n) is 8.67. The lowest BCUT2D eigenvalue weighted by Gasteiger charge is -2.28. The van der Waals surface area contributed by atoms with Crippen molar-refractivity contribution in [2.75, 3.05) is 5.32 Å². The molecule has 2 aliphatic carbocycles. The number of hydrogen-bond donors (Lipinski definition) is 2. The number of fused-ring (bicyclic) bond motifs is 1. The molecule has 32 heavy (non-hydrogen) atoms. The summed E-state index contributed by atoms with van der Waals surface area (Å²) in [6, 6.07) is 9.38. The van der Waals surface area contributed by atoms with Gasteiger partial charge in [-0.3, -0.25) is 9.78 Å². The SMILES string of the molecule is NN=NC1CCC(Nc2c(C(=O)C3CC3)cnc3ccc(-c4ccnc(F)c4)cc23)CC1. The first-order chi connectivity index (χ1) is 15.6. The molecule has 2 fully saturated rings. The largest absolute Gasteiger partial charge is 0.381 e. The van der Waals surface area contributed by atoms with E-state index in [2.05, 4.69) is 25.6 Å². The molecule has 5 rings (SSSR count). The predicted octanol–water partition coefficient (Wildman–Crippen LogP) is 5.08. The van der Waals surface area contributed by atoms with E-state index in [-0.39, 0.29) is 23.8 Å². The van der Waals surface area contributed by atoms with Crippen LogP contribution in [0.25, 0.3) is 22.0 Å². The molecule has 2 saturated carbocycles. The molecule has 0 unspecified atom stereocenters. The van der Waals surface area contributed by atoms with E-state index in [1.807, 2.05) is 18.2 Å². The Kier molecular flexibility index (Phi) is 5.51. The topological polar surface area (TPSA) is 106 Å². The van der Waals surface area contributed by atoms with E-state index >= 15 is 0 Å². The third kappa shape index (κ3) is 4.17. The van der Waals surface area contributed by atoms with Crippen LogP contribution in [0.4, 0.5) is 10.1 Å². The molecule has 0 spiro atoms. The lowest BCUT2D eigenvalue weighted by atomic mass is 9.90. The van der Waals surface area contributed by atoms with E-state index in [0.717, 1.165) is 66.2 Å². The summed E-state index contributed by atoms with van der Waals surface area (Å²) in [6.07, 6.45) is 8.65. The fraction of sp³-hybridized carbons (Fsp3) is 0.375. The number of halogens is 1. The van der Waals surface area contributed by atoms with Gasteiger partial charge in [-0.2, -0.15) is 9.50 Å². The van der Waals surface area contributed by atoms with E-state index < -0.39 is 5.95 Å². The second-order valence-corrected chi connectivity index (χ2v) is 8.67. The molecule has 0 atom stereocenters. The first kappa shape index (κ1) is 20.5. The van der Waals surface area contributed by atoms with Crippen molar-refractivity contribution < 1.29 is 9.18 Å². The Labute approximate surface area is 185 Å². The summed E-state index contributed by atoms with van der Waals surface area (Å²) >= 11 is 0. The van der Waals surface area contributed by atoms with Gasteiger partial charge in [0.2, 0.25) is 5.95 Å². The number of nitrogens with two attached hydrogens (primary N) is 1. The molecule has 2 aromatic heterocycles. The minimum absolute atomic E-state index is 0.0907. The number of Topliss-reactive ketones (excluding diaryl/α,β-unsaturated/α-hetero) is 1. The van der Waals surface area contributed by atoms with Crippen molar-refractivity contribution in [3.05, 3.63) is 54.2 Å². The van der Waals surface area contributed by atoms with E-state index in [1.54, 1.807) is 12.3 Å². The highest BCUT2D eigenvalue weighted by Gasteiger charge is 2.33. The zero-order valence-electron chi connectivity index (χ0n) is 17.7. The summed E-state index contributed by atoms with van der Waals surface area (Å²) in [7, 11) is 0. The number of anilines is 1. The van der Waals surface area contributed by atoms with E-state index in [1.165, 1.54) is 12.3 Å². The van der Waals surface area contributed by atoms with Crippen molar-refractivity contribution in [3.63, 3.8) is 0 Å². The molecule has 1 aromatic carbocycles. The standard InChI is InChI=1S/C24H25FN6O/c25-22-12-16(9-10-27-22)15-3-8-21-19(11-15)23(20(13-28-21)24(32)14-1-2-14)29-17-4-6-18(7-5-17)30-31-26/h3,8-14,17-18H,1-2,4-7H2,(H2,26,30)(H,28,29). The molecule has 2 heterocycles. The van der Waals surface area contributed by atoms with Gasteiger partial charge in [0.1, 0.15) is 0 Å². The molecule has 0 aliphatic heterocycles. The first-order valence-corrected chi connectivity index (χ1v) is 11.1. The third-order valence-electron chi connectivity index (χ3n) is 6.42. The maximum absolute atomic E-state index is 13.7. The molecule has 2 aliphatic rings. The lowest BCUT2D eigenvalue weighted by molar-refractivity contribution is 0.0968. The monoisotopic (exact) mass is 432 g/mol. The molecule has 7 nitrogen and oxygen atoms in total. The number of rotatable bonds is 6. The van der Waals surface area contributed by atoms with Crippen molar-refractivity contribution in [2.24, 2.45) is 22.1 Å². The maximum atomic E-state index is 13.7. The molecule has 0 saturated heterocycles. The van der Waals surface area contributed by atoms with Crippen LogP contribution >= 0.6 is 0 Å². The summed E-state index contributed by atoms with van der Waals surface area (Å²) < 4.78 is 13.7. The van der Waals surface area contributed by atoms with Gasteiger partial charge in [-0.05, 0) is 67.9 Å². The number of carbonyl (C=O) groups is 1. The van der Waals surface area contributed by atoms with Crippen LogP contribution in [-0.4, -0.2) is 27.8 Å². The molecule has 164 valence electrons. The predicted molar refractivity (Wildman–Crippen MR) is 121 cm³/mol. The number of hydrogen-bond acceptors (Lipinski definition) is 6. The Morgan fingerprint density at radius 1 is 1.03 bits per heavy atom. The highest BCUT2D eigenvalue weighted by Crippen LogP contribution is 2.38. The van der Waals surface area contributed by atoms with Crippen LogP contribution in [0, 0.1) is 11.9 Å². The summed E-state index contributed by atoms with van der Waals surface area (Å²) in [4.78, 5) is 21.3. The average molecular weight is 433 g/mol. The molecule has 0 radical (unpaired) electrons. The van der Waals surface area contributed by atoms with E-state index in [0.29, 0.717) is 5.56 Å². The summed E-state index contributed by atoms with van der Waals surface area (Å²) in [5.74, 6) is 4.92. The minimum atomic E-state index is -0.525. The van der Waals surface area contributed by atoms with Crippen LogP contribution in [0.5, 0.6) is 0 Å². The Hall–Kier alpha value is -3.42. The molecular formula is C24H25FN6O. The number of nitrogens with one attached hydrogen (secondary N) is 1. The average Bonchev–Trinajstić information content (AvgIpc) is 3.66. The molecule has 0 bridgehead atoms. The van der Waals surface area contributed by atoms with Crippen LogP contribution < -0.4 is 11.2 Å². The Bertz CT molecular complexity index is 1180. The minimum Gasteiger partial charge on any atom is -0.381 e. The zero-order valence-corrected chi connectivity index (χ0v) is 17.7. The van der Waals surface area contributed by atoms with Gasteiger partial charge in [0, 0.05) is 35.8 Å². The Morgan fingerprint density at radius 2 is 1.81 bits per heavy atom. The van der Waals surface area contributed by atoms with Crippen LogP contribution in [0.3, 0.4) is 0 Å². The van der Waals surface area contributed by atoms with Gasteiger partial charge in [-0.15, -0.1) is 0 Å². The maximum Gasteiger partial charge on any atom is 0.213 e. The molecule has 3 N–H and O–H groups in total. The number of carbonyl (C=O) groups excluding carboxylic acids is 1. The van der Waals surface area contributed by atoms with Crippen molar-refractivity contribution in [2.45, 2.75) is 50.6 Å². The third-order valence-corrected chi connectivity index (χ3v) is 6.42. The van der Waals surface area contributed by atoms with Gasteiger partial charge in [0.05, 0.1) is 22.8 Å². The lowest BCUT2D eigenvalue weighted by Crippen LogP contribution is -2.28. The summed E-state index contributed by atoms with van der Waals surface area (Å²) in [5.41, 5.74) is 3.85. The fourth-order valence-corrected chi connectivity index (χ4v) is 4.50. The van der Waals surface area contributed by atoms with Gasteiger partial charge in [-0.1, -0.05) is 11.3 Å². The van der Waals surface area contributed by atoms with Crippen LogP contribution in [0.1, 0.15) is 48.9 Å². The van der Waals surface area contributed by atoms with Crippen molar-refractivity contribution in [1.29, 1.82) is 0 Å². The van der Waals surface area contributed by atoms with Crippen molar-refractivity contribution in [1.82, 2.24) is 9.97 Å². The Morgan fingerprint density at radius 3 is 2.53 bits per heavy atom. The van der Waals surface area contributed by atoms with Crippen LogP contribution in [0.2, 0.25) is 0 Å². The van der Waals surface area contributed by atoms with Crippen molar-refractivity contribution >= 4 is 22.4 Å². The fourth-order valence-electron chi connectivity index (χ4n) is 4.50. The van der Waals surface area contributed by atoms with Crippen LogP contribution in [-0.2, 0) is 0 Å². The molecule has 0 amide bonds. The normalized spacial score (nSPS) is 21.2.